The molecule has 0 aliphatic heterocycles. The summed E-state index contributed by atoms with van der Waals surface area (Å²) in [6, 6.07) is 0. The van der Waals surface area contributed by atoms with Gasteiger partial charge in [-0.25, -0.2) is 0 Å². The molecule has 0 nitrogen and oxygen atoms in total. The van der Waals surface area contributed by atoms with E-state index < -0.39 is 0 Å². The van der Waals surface area contributed by atoms with E-state index in [2.05, 4.69) is 41.5 Å². The van der Waals surface area contributed by atoms with E-state index in [1.165, 1.54) is 32.1 Å². The second-order valence-electron chi connectivity index (χ2n) is 13.1. The molecule has 0 spiro atoms. The maximum atomic E-state index is 2.76. The minimum atomic E-state index is 0.665. The highest BCUT2D eigenvalue weighted by atomic mass is 14.6. The van der Waals surface area contributed by atoms with Crippen molar-refractivity contribution in [2.24, 2.45) is 58.2 Å². The summed E-state index contributed by atoms with van der Waals surface area (Å²) in [6.07, 6.45) is 19.8. The zero-order valence-corrected chi connectivity index (χ0v) is 20.8. The van der Waals surface area contributed by atoms with Gasteiger partial charge in [-0.1, -0.05) is 67.2 Å². The lowest BCUT2D eigenvalue weighted by molar-refractivity contribution is -0.114. The Morgan fingerprint density at radius 2 is 1.52 bits per heavy atom. The fraction of sp³-hybridized carbons (Fsp3) is 1.00. The van der Waals surface area contributed by atoms with Crippen LogP contribution in [0.2, 0.25) is 0 Å². The van der Waals surface area contributed by atoms with Crippen LogP contribution in [0.25, 0.3) is 0 Å². The Labute approximate surface area is 183 Å². The van der Waals surface area contributed by atoms with Crippen LogP contribution in [-0.2, 0) is 0 Å². The van der Waals surface area contributed by atoms with Gasteiger partial charge in [0.2, 0.25) is 0 Å². The lowest BCUT2D eigenvalue weighted by Crippen LogP contribution is -2.53. The molecule has 4 fully saturated rings. The third-order valence-electron chi connectivity index (χ3n) is 11.8. The first-order chi connectivity index (χ1) is 13.8. The van der Waals surface area contributed by atoms with Crippen molar-refractivity contribution in [3.63, 3.8) is 0 Å². The second-order valence-corrected chi connectivity index (χ2v) is 13.1. The molecule has 4 saturated carbocycles. The van der Waals surface area contributed by atoms with Crippen LogP contribution >= 0.6 is 0 Å². The van der Waals surface area contributed by atoms with Gasteiger partial charge in [-0.2, -0.15) is 0 Å². The molecule has 168 valence electrons. The zero-order chi connectivity index (χ0) is 20.8. The molecule has 29 heavy (non-hydrogen) atoms. The van der Waals surface area contributed by atoms with Gasteiger partial charge in [0.1, 0.15) is 0 Å². The Balaban J connectivity index is 1.45. The summed E-state index contributed by atoms with van der Waals surface area (Å²) in [7, 11) is 0. The average molecular weight is 401 g/mol. The van der Waals surface area contributed by atoms with Crippen molar-refractivity contribution in [1.82, 2.24) is 0 Å². The van der Waals surface area contributed by atoms with Crippen molar-refractivity contribution in [3.05, 3.63) is 0 Å². The third-order valence-corrected chi connectivity index (χ3v) is 11.8. The normalized spacial score (nSPS) is 46.7. The van der Waals surface area contributed by atoms with Gasteiger partial charge in [-0.3, -0.25) is 0 Å². The molecule has 0 radical (unpaired) electrons. The summed E-state index contributed by atoms with van der Waals surface area (Å²) in [4.78, 5) is 0. The van der Waals surface area contributed by atoms with E-state index >= 15 is 0 Å². The highest BCUT2D eigenvalue weighted by Gasteiger charge is 2.60. The Kier molecular flexibility index (Phi) is 6.51. The summed E-state index contributed by atoms with van der Waals surface area (Å²) in [5.74, 6) is 8.02. The first-order valence-electron chi connectivity index (χ1n) is 13.8. The van der Waals surface area contributed by atoms with Crippen LogP contribution in [0.4, 0.5) is 0 Å². The summed E-state index contributed by atoms with van der Waals surface area (Å²) < 4.78 is 0. The van der Waals surface area contributed by atoms with Gasteiger partial charge in [0, 0.05) is 0 Å². The molecule has 0 heterocycles. The van der Waals surface area contributed by atoms with Crippen molar-refractivity contribution in [3.8, 4) is 0 Å². The van der Waals surface area contributed by atoms with E-state index in [0.29, 0.717) is 10.8 Å². The molecule has 0 heteroatoms. The van der Waals surface area contributed by atoms with Crippen LogP contribution in [-0.4, -0.2) is 0 Å². The van der Waals surface area contributed by atoms with Crippen molar-refractivity contribution in [2.45, 2.75) is 125 Å². The number of rotatable bonds is 6. The van der Waals surface area contributed by atoms with E-state index in [9.17, 15) is 0 Å². The first kappa shape index (κ1) is 22.2. The molecule has 0 N–H and O–H groups in total. The van der Waals surface area contributed by atoms with Crippen LogP contribution in [0.15, 0.2) is 0 Å². The van der Waals surface area contributed by atoms with E-state index in [1.807, 2.05) is 0 Å². The predicted molar refractivity (Wildman–Crippen MR) is 127 cm³/mol. The number of hydrogen-bond acceptors (Lipinski definition) is 0. The van der Waals surface area contributed by atoms with Crippen molar-refractivity contribution in [1.29, 1.82) is 0 Å². The number of fused-ring (bicyclic) bond motifs is 5. The molecule has 0 aromatic rings. The van der Waals surface area contributed by atoms with Gasteiger partial charge in [0.25, 0.3) is 0 Å². The van der Waals surface area contributed by atoms with E-state index in [-0.39, 0.29) is 0 Å². The molecule has 0 amide bonds. The number of hydrogen-bond donors (Lipinski definition) is 0. The van der Waals surface area contributed by atoms with Gasteiger partial charge in [0.15, 0.2) is 0 Å². The van der Waals surface area contributed by atoms with E-state index in [1.54, 1.807) is 51.4 Å². The van der Waals surface area contributed by atoms with Crippen molar-refractivity contribution < 1.29 is 0 Å². The zero-order valence-electron chi connectivity index (χ0n) is 20.8. The second kappa shape index (κ2) is 8.50. The van der Waals surface area contributed by atoms with Gasteiger partial charge in [-0.15, -0.1) is 0 Å². The molecule has 0 bridgehead atoms. The van der Waals surface area contributed by atoms with Gasteiger partial charge in [-0.05, 0) is 116 Å². The molecular formula is C29H52. The first-order valence-corrected chi connectivity index (χ1v) is 13.8. The van der Waals surface area contributed by atoms with Gasteiger partial charge >= 0.3 is 0 Å². The summed E-state index contributed by atoms with van der Waals surface area (Å²) in [5, 5.41) is 0. The van der Waals surface area contributed by atoms with Crippen LogP contribution in [0.5, 0.6) is 0 Å². The van der Waals surface area contributed by atoms with E-state index in [0.717, 1.165) is 47.3 Å². The fourth-order valence-electron chi connectivity index (χ4n) is 9.96. The Hall–Kier alpha value is 0. The molecule has 9 atom stereocenters. The van der Waals surface area contributed by atoms with E-state index in [4.69, 9.17) is 0 Å². The summed E-state index contributed by atoms with van der Waals surface area (Å²) in [5.41, 5.74) is 1.37. The Bertz CT molecular complexity index is 548. The topological polar surface area (TPSA) is 0 Å². The van der Waals surface area contributed by atoms with Crippen LogP contribution < -0.4 is 0 Å². The molecular weight excluding hydrogens is 348 g/mol. The maximum absolute atomic E-state index is 2.76. The lowest BCUT2D eigenvalue weighted by Gasteiger charge is -2.61. The molecule has 4 aliphatic carbocycles. The maximum Gasteiger partial charge on any atom is -0.0264 e. The largest absolute Gasteiger partial charge is 0.0651 e. The lowest BCUT2D eigenvalue weighted by atomic mass is 9.44. The highest BCUT2D eigenvalue weighted by Crippen LogP contribution is 2.68. The fourth-order valence-corrected chi connectivity index (χ4v) is 9.96. The molecule has 0 unspecified atom stereocenters. The summed E-state index contributed by atoms with van der Waals surface area (Å²) in [6.45, 7) is 15.4. The minimum Gasteiger partial charge on any atom is -0.0651 e. The molecule has 0 aromatic carbocycles. The standard InChI is InChI=1S/C29H52/c1-7-22(20(2)3)12-11-21(4)25-15-16-26-24-14-13-23-10-8-9-18-28(23,5)27(24)17-19-29(25,26)6/h20-27H,7-19H2,1-6H3/t21-,22-,23-,24+,25+,26-,27+,28+,29-/m1/s1. The van der Waals surface area contributed by atoms with Gasteiger partial charge < -0.3 is 0 Å². The minimum absolute atomic E-state index is 0.665. The predicted octanol–water partition coefficient (Wildman–Crippen LogP) is 9.13. The molecule has 0 saturated heterocycles. The monoisotopic (exact) mass is 400 g/mol. The van der Waals surface area contributed by atoms with Crippen LogP contribution in [0.3, 0.4) is 0 Å². The highest BCUT2D eigenvalue weighted by molar-refractivity contribution is 5.09. The Morgan fingerprint density at radius 3 is 2.24 bits per heavy atom. The quantitative estimate of drug-likeness (QED) is 0.417. The average Bonchev–Trinajstić information content (AvgIpc) is 3.05. The molecule has 0 aromatic heterocycles. The van der Waals surface area contributed by atoms with Crippen molar-refractivity contribution in [2.75, 3.05) is 0 Å². The Morgan fingerprint density at radius 1 is 0.759 bits per heavy atom. The van der Waals surface area contributed by atoms with Crippen molar-refractivity contribution >= 4 is 0 Å². The van der Waals surface area contributed by atoms with Crippen LogP contribution in [0, 0.1) is 58.2 Å². The van der Waals surface area contributed by atoms with Crippen LogP contribution in [0.1, 0.15) is 125 Å². The summed E-state index contributed by atoms with van der Waals surface area (Å²) >= 11 is 0. The molecule has 4 aliphatic rings. The SMILES string of the molecule is CC[C@H](CC[C@@H](C)[C@@H]1CC[C@@H]2[C@@H]3CC[C@H]4CCCC[C@]4(C)[C@H]3CC[C@@]21C)C(C)C. The third kappa shape index (κ3) is 3.75. The smallest absolute Gasteiger partial charge is 0.0264 e. The molecule has 4 rings (SSSR count). The van der Waals surface area contributed by atoms with Gasteiger partial charge in [0.05, 0.1) is 0 Å².